The molecule has 2 fully saturated rings. The average molecular weight is 561 g/mol. The molecule has 2 aromatic rings. The van der Waals surface area contributed by atoms with Crippen LogP contribution in [0.4, 0.5) is 28.0 Å². The van der Waals surface area contributed by atoms with E-state index in [9.17, 15) is 22.4 Å². The number of halogens is 6. The van der Waals surface area contributed by atoms with Gasteiger partial charge in [-0.3, -0.25) is 0 Å². The molecule has 3 aliphatic rings. The van der Waals surface area contributed by atoms with E-state index in [0.29, 0.717) is 25.4 Å². The number of ether oxygens (including phenoxy) is 2. The normalized spacial score (nSPS) is 22.8. The standard InChI is InChI=1S/C26H26Cl2F4N2O3/c1-23(2,3)37-22(35)34-13-25(14-34)18-5-4-17(8-15(18)11-36-25)33-7-6-24(12-33,26(30,31)32)16-9-19(27)21(29)20(28)10-16/h4-5,8-10H,6-7,11-14H2,1-3H3. The maximum Gasteiger partial charge on any atom is 0.410 e. The molecule has 200 valence electrons. The number of rotatable bonds is 2. The van der Waals surface area contributed by atoms with Crippen molar-refractivity contribution in [1.82, 2.24) is 4.90 Å². The molecular weight excluding hydrogens is 535 g/mol. The first kappa shape index (κ1) is 26.4. The second-order valence-corrected chi connectivity index (χ2v) is 11.8. The molecule has 1 unspecified atom stereocenters. The van der Waals surface area contributed by atoms with Gasteiger partial charge in [0.15, 0.2) is 5.82 Å². The Balaban J connectivity index is 1.37. The van der Waals surface area contributed by atoms with Crippen LogP contribution in [0.1, 0.15) is 43.9 Å². The summed E-state index contributed by atoms with van der Waals surface area (Å²) in [4.78, 5) is 15.6. The first-order valence-electron chi connectivity index (χ1n) is 11.9. The largest absolute Gasteiger partial charge is 0.444 e. The fourth-order valence-electron chi connectivity index (χ4n) is 5.41. The van der Waals surface area contributed by atoms with Crippen molar-refractivity contribution >= 4 is 35.0 Å². The molecule has 11 heteroatoms. The van der Waals surface area contributed by atoms with Crippen LogP contribution in [0.25, 0.3) is 0 Å². The average Bonchev–Trinajstić information content (AvgIpc) is 3.37. The molecule has 0 aliphatic carbocycles. The molecule has 0 saturated carbocycles. The smallest absolute Gasteiger partial charge is 0.410 e. The monoisotopic (exact) mass is 560 g/mol. The molecular formula is C26H26Cl2F4N2O3. The fraction of sp³-hybridized carbons (Fsp3) is 0.500. The van der Waals surface area contributed by atoms with Crippen LogP contribution in [0.15, 0.2) is 30.3 Å². The van der Waals surface area contributed by atoms with Crippen molar-refractivity contribution in [3.05, 3.63) is 62.9 Å². The number of amides is 1. The van der Waals surface area contributed by atoms with Gasteiger partial charge in [0.2, 0.25) is 0 Å². The molecule has 2 saturated heterocycles. The Morgan fingerprint density at radius 2 is 1.70 bits per heavy atom. The minimum atomic E-state index is -4.60. The number of hydrogen-bond donors (Lipinski definition) is 0. The van der Waals surface area contributed by atoms with E-state index in [1.807, 2.05) is 12.1 Å². The van der Waals surface area contributed by atoms with Gasteiger partial charge >= 0.3 is 12.3 Å². The molecule has 3 heterocycles. The maximum atomic E-state index is 14.5. The summed E-state index contributed by atoms with van der Waals surface area (Å²) in [5.41, 5.74) is -1.20. The van der Waals surface area contributed by atoms with Crippen molar-refractivity contribution < 1.29 is 31.8 Å². The third kappa shape index (κ3) is 4.42. The fourth-order valence-corrected chi connectivity index (χ4v) is 5.90. The number of nitrogens with zero attached hydrogens (tertiary/aromatic N) is 2. The first-order chi connectivity index (χ1) is 17.1. The lowest BCUT2D eigenvalue weighted by molar-refractivity contribution is -0.184. The molecule has 0 aromatic heterocycles. The highest BCUT2D eigenvalue weighted by Gasteiger charge is 2.59. The van der Waals surface area contributed by atoms with Gasteiger partial charge < -0.3 is 19.3 Å². The summed E-state index contributed by atoms with van der Waals surface area (Å²) in [6.07, 6.45) is -5.24. The number of anilines is 1. The number of fused-ring (bicyclic) bond motifs is 2. The number of alkyl halides is 3. The van der Waals surface area contributed by atoms with Gasteiger partial charge in [0.1, 0.15) is 16.6 Å². The van der Waals surface area contributed by atoms with Gasteiger partial charge in [-0.15, -0.1) is 0 Å². The zero-order chi connectivity index (χ0) is 27.0. The van der Waals surface area contributed by atoms with Gasteiger partial charge in [-0.25, -0.2) is 9.18 Å². The van der Waals surface area contributed by atoms with Gasteiger partial charge in [-0.2, -0.15) is 13.2 Å². The molecule has 0 bridgehead atoms. The van der Waals surface area contributed by atoms with Crippen molar-refractivity contribution in [2.45, 2.75) is 56.6 Å². The van der Waals surface area contributed by atoms with E-state index in [2.05, 4.69) is 0 Å². The lowest BCUT2D eigenvalue weighted by Crippen LogP contribution is -2.61. The minimum Gasteiger partial charge on any atom is -0.444 e. The Bertz CT molecular complexity index is 1230. The second kappa shape index (κ2) is 8.64. The molecule has 5 nitrogen and oxygen atoms in total. The SMILES string of the molecule is CC(C)(C)OC(=O)N1CC2(C1)OCc1cc(N3CCC(c4cc(Cl)c(F)c(Cl)c4)(C(F)(F)F)C3)ccc12. The predicted molar refractivity (Wildman–Crippen MR) is 132 cm³/mol. The molecule has 5 rings (SSSR count). The first-order valence-corrected chi connectivity index (χ1v) is 12.6. The summed E-state index contributed by atoms with van der Waals surface area (Å²) in [6, 6.07) is 7.53. The molecule has 3 aliphatic heterocycles. The summed E-state index contributed by atoms with van der Waals surface area (Å²) in [5.74, 6) is -0.937. The van der Waals surface area contributed by atoms with Crippen LogP contribution in [0.5, 0.6) is 0 Å². The van der Waals surface area contributed by atoms with Crippen molar-refractivity contribution in [2.75, 3.05) is 31.1 Å². The van der Waals surface area contributed by atoms with E-state index in [4.69, 9.17) is 32.7 Å². The van der Waals surface area contributed by atoms with Gasteiger partial charge in [0.25, 0.3) is 0 Å². The number of likely N-dealkylation sites (tertiary alicyclic amines) is 1. The van der Waals surface area contributed by atoms with Gasteiger partial charge in [-0.05, 0) is 68.1 Å². The van der Waals surface area contributed by atoms with E-state index >= 15 is 0 Å². The van der Waals surface area contributed by atoms with Crippen LogP contribution < -0.4 is 4.90 Å². The minimum absolute atomic E-state index is 0.142. The van der Waals surface area contributed by atoms with E-state index in [0.717, 1.165) is 23.3 Å². The molecule has 37 heavy (non-hydrogen) atoms. The van der Waals surface area contributed by atoms with Gasteiger partial charge in [0.05, 0.1) is 29.7 Å². The van der Waals surface area contributed by atoms with E-state index in [-0.39, 0.29) is 25.1 Å². The lowest BCUT2D eigenvalue weighted by atomic mass is 9.79. The zero-order valence-electron chi connectivity index (χ0n) is 20.5. The van der Waals surface area contributed by atoms with Crippen LogP contribution in [-0.2, 0) is 27.1 Å². The molecule has 1 amide bonds. The number of carbonyl (C=O) groups excluding carboxylic acids is 1. The van der Waals surface area contributed by atoms with Crippen molar-refractivity contribution in [1.29, 1.82) is 0 Å². The van der Waals surface area contributed by atoms with Crippen LogP contribution in [-0.4, -0.2) is 48.9 Å². The van der Waals surface area contributed by atoms with Crippen molar-refractivity contribution in [3.8, 4) is 0 Å². The summed E-state index contributed by atoms with van der Waals surface area (Å²) in [7, 11) is 0. The summed E-state index contributed by atoms with van der Waals surface area (Å²) < 4.78 is 68.8. The Morgan fingerprint density at radius 3 is 2.30 bits per heavy atom. The van der Waals surface area contributed by atoms with Crippen molar-refractivity contribution in [2.24, 2.45) is 0 Å². The number of hydrogen-bond acceptors (Lipinski definition) is 4. The molecule has 2 aromatic carbocycles. The molecule has 0 N–H and O–H groups in total. The van der Waals surface area contributed by atoms with E-state index in [1.165, 1.54) is 0 Å². The number of carbonyl (C=O) groups is 1. The maximum absolute atomic E-state index is 14.5. The second-order valence-electron chi connectivity index (χ2n) is 11.0. The van der Waals surface area contributed by atoms with Crippen LogP contribution in [0.2, 0.25) is 10.0 Å². The highest BCUT2D eigenvalue weighted by molar-refractivity contribution is 6.35. The highest BCUT2D eigenvalue weighted by atomic mass is 35.5. The molecule has 1 atom stereocenters. The third-order valence-electron chi connectivity index (χ3n) is 7.34. The van der Waals surface area contributed by atoms with E-state index < -0.39 is 44.7 Å². The quantitative estimate of drug-likeness (QED) is 0.298. The third-order valence-corrected chi connectivity index (χ3v) is 7.89. The Morgan fingerprint density at radius 1 is 1.05 bits per heavy atom. The predicted octanol–water partition coefficient (Wildman–Crippen LogP) is 6.82. The van der Waals surface area contributed by atoms with Crippen molar-refractivity contribution in [3.63, 3.8) is 0 Å². The van der Waals surface area contributed by atoms with Crippen LogP contribution >= 0.6 is 23.2 Å². The van der Waals surface area contributed by atoms with Gasteiger partial charge in [0, 0.05) is 18.8 Å². The Labute approximate surface area is 222 Å². The molecule has 1 spiro atoms. The topological polar surface area (TPSA) is 42.0 Å². The lowest BCUT2D eigenvalue weighted by Gasteiger charge is -2.47. The molecule has 0 radical (unpaired) electrons. The van der Waals surface area contributed by atoms with Crippen LogP contribution in [0, 0.1) is 5.82 Å². The Hall–Kier alpha value is -2.23. The Kier molecular flexibility index (Phi) is 6.16. The summed E-state index contributed by atoms with van der Waals surface area (Å²) >= 11 is 11.7. The highest BCUT2D eigenvalue weighted by Crippen LogP contribution is 2.51. The van der Waals surface area contributed by atoms with Crippen LogP contribution in [0.3, 0.4) is 0 Å². The van der Waals surface area contributed by atoms with Gasteiger partial charge in [-0.1, -0.05) is 29.3 Å². The summed E-state index contributed by atoms with van der Waals surface area (Å²) in [6.45, 7) is 6.18. The zero-order valence-corrected chi connectivity index (χ0v) is 22.0. The van der Waals surface area contributed by atoms with E-state index in [1.54, 1.807) is 36.6 Å². The summed E-state index contributed by atoms with van der Waals surface area (Å²) in [5, 5.41) is -0.879. The number of benzene rings is 2.